The Morgan fingerprint density at radius 3 is 2.74 bits per heavy atom. The van der Waals surface area contributed by atoms with Crippen molar-refractivity contribution in [3.63, 3.8) is 0 Å². The Labute approximate surface area is 138 Å². The van der Waals surface area contributed by atoms with Gasteiger partial charge < -0.3 is 10.4 Å². The zero-order chi connectivity index (χ0) is 16.7. The Bertz CT molecular complexity index is 797. The van der Waals surface area contributed by atoms with Gasteiger partial charge in [0.2, 0.25) is 0 Å². The number of pyridine rings is 1. The molecule has 122 valence electrons. The van der Waals surface area contributed by atoms with E-state index in [1.165, 1.54) is 11.3 Å². The standard InChI is InChI=1S/C17H20N2O3S/c1-8-7-9(2)18-16-13(8)10(3)14(23-16)15(20)19-12-6-4-5-11(12)17(21)22/h7,11-12H,4-6H2,1-3H3,(H,19,20)(H,21,22)/t11-,12-/m1/s1. The van der Waals surface area contributed by atoms with Crippen molar-refractivity contribution in [1.82, 2.24) is 10.3 Å². The van der Waals surface area contributed by atoms with Crippen molar-refractivity contribution in [3.8, 4) is 0 Å². The molecule has 23 heavy (non-hydrogen) atoms. The van der Waals surface area contributed by atoms with Gasteiger partial charge in [0.15, 0.2) is 0 Å². The molecule has 1 aliphatic rings. The molecule has 6 heteroatoms. The molecule has 1 saturated carbocycles. The van der Waals surface area contributed by atoms with E-state index in [0.29, 0.717) is 11.3 Å². The van der Waals surface area contributed by atoms with Crippen LogP contribution in [0.1, 0.15) is 45.8 Å². The van der Waals surface area contributed by atoms with Gasteiger partial charge in [-0.2, -0.15) is 0 Å². The van der Waals surface area contributed by atoms with E-state index in [1.54, 1.807) is 0 Å². The second-order valence-corrected chi connectivity index (χ2v) is 7.27. The van der Waals surface area contributed by atoms with E-state index in [9.17, 15) is 14.7 Å². The molecule has 1 fully saturated rings. The largest absolute Gasteiger partial charge is 0.481 e. The molecule has 0 radical (unpaired) electrons. The quantitative estimate of drug-likeness (QED) is 0.904. The molecule has 0 unspecified atom stereocenters. The van der Waals surface area contributed by atoms with Gasteiger partial charge in [0.1, 0.15) is 4.83 Å². The van der Waals surface area contributed by atoms with Crippen molar-refractivity contribution in [3.05, 3.63) is 27.8 Å². The van der Waals surface area contributed by atoms with Crippen LogP contribution in [0.4, 0.5) is 0 Å². The van der Waals surface area contributed by atoms with Crippen molar-refractivity contribution in [1.29, 1.82) is 0 Å². The Hall–Kier alpha value is -1.95. The Morgan fingerprint density at radius 2 is 2.04 bits per heavy atom. The fourth-order valence-electron chi connectivity index (χ4n) is 3.50. The van der Waals surface area contributed by atoms with Gasteiger partial charge in [-0.1, -0.05) is 6.42 Å². The number of nitrogens with one attached hydrogen (secondary N) is 1. The molecule has 0 saturated heterocycles. The summed E-state index contributed by atoms with van der Waals surface area (Å²) in [6.07, 6.45) is 2.20. The molecular weight excluding hydrogens is 312 g/mol. The first kappa shape index (κ1) is 15.9. The van der Waals surface area contributed by atoms with Crippen LogP contribution in [0.25, 0.3) is 10.2 Å². The summed E-state index contributed by atoms with van der Waals surface area (Å²) in [5.41, 5.74) is 2.98. The van der Waals surface area contributed by atoms with E-state index < -0.39 is 11.9 Å². The van der Waals surface area contributed by atoms with Crippen LogP contribution in [0, 0.1) is 26.7 Å². The van der Waals surface area contributed by atoms with E-state index in [4.69, 9.17) is 0 Å². The first-order valence-corrected chi connectivity index (χ1v) is 8.61. The van der Waals surface area contributed by atoms with E-state index in [1.807, 2.05) is 26.8 Å². The lowest BCUT2D eigenvalue weighted by Gasteiger charge is -2.17. The SMILES string of the molecule is Cc1cc(C)c2c(C)c(C(=O)N[C@@H]3CCC[C@H]3C(=O)O)sc2n1. The Balaban J connectivity index is 1.91. The predicted molar refractivity (Wildman–Crippen MR) is 90.1 cm³/mol. The van der Waals surface area contributed by atoms with Gasteiger partial charge >= 0.3 is 5.97 Å². The molecule has 3 rings (SSSR count). The van der Waals surface area contributed by atoms with Crippen molar-refractivity contribution in [2.24, 2.45) is 5.92 Å². The molecular formula is C17H20N2O3S. The third-order valence-electron chi connectivity index (χ3n) is 4.58. The molecule has 1 aliphatic carbocycles. The number of carbonyl (C=O) groups excluding carboxylic acids is 1. The fraction of sp³-hybridized carbons (Fsp3) is 0.471. The summed E-state index contributed by atoms with van der Waals surface area (Å²) in [6, 6.07) is 1.74. The molecule has 0 aromatic carbocycles. The zero-order valence-corrected chi connectivity index (χ0v) is 14.3. The van der Waals surface area contributed by atoms with E-state index in [2.05, 4.69) is 10.3 Å². The lowest BCUT2D eigenvalue weighted by Crippen LogP contribution is -2.40. The van der Waals surface area contributed by atoms with Gasteiger partial charge in [-0.25, -0.2) is 4.98 Å². The van der Waals surface area contributed by atoms with Crippen LogP contribution in [-0.4, -0.2) is 28.0 Å². The van der Waals surface area contributed by atoms with Crippen molar-refractivity contribution in [2.75, 3.05) is 0 Å². The topological polar surface area (TPSA) is 79.3 Å². The van der Waals surface area contributed by atoms with Crippen LogP contribution >= 0.6 is 11.3 Å². The van der Waals surface area contributed by atoms with Crippen LogP contribution in [0.5, 0.6) is 0 Å². The highest BCUT2D eigenvalue weighted by Gasteiger charge is 2.34. The molecule has 1 amide bonds. The maximum atomic E-state index is 12.6. The summed E-state index contributed by atoms with van der Waals surface area (Å²) in [7, 11) is 0. The number of aliphatic carboxylic acids is 1. The van der Waals surface area contributed by atoms with E-state index >= 15 is 0 Å². The summed E-state index contributed by atoms with van der Waals surface area (Å²) >= 11 is 1.38. The van der Waals surface area contributed by atoms with Crippen LogP contribution in [0.2, 0.25) is 0 Å². The fourth-order valence-corrected chi connectivity index (χ4v) is 4.70. The number of carboxylic acids is 1. The molecule has 2 heterocycles. The molecule has 0 aliphatic heterocycles. The maximum Gasteiger partial charge on any atom is 0.308 e. The summed E-state index contributed by atoms with van der Waals surface area (Å²) in [5, 5.41) is 13.2. The van der Waals surface area contributed by atoms with Gasteiger partial charge in [0.05, 0.1) is 10.8 Å². The molecule has 5 nitrogen and oxygen atoms in total. The number of hydrogen-bond donors (Lipinski definition) is 2. The number of thiophene rings is 1. The number of rotatable bonds is 3. The number of hydrogen-bond acceptors (Lipinski definition) is 4. The van der Waals surface area contributed by atoms with Gasteiger partial charge in [0.25, 0.3) is 5.91 Å². The second-order valence-electron chi connectivity index (χ2n) is 6.27. The smallest absolute Gasteiger partial charge is 0.308 e. The highest BCUT2D eigenvalue weighted by molar-refractivity contribution is 7.20. The third kappa shape index (κ3) is 2.83. The molecule has 2 aromatic heterocycles. The molecule has 2 atom stereocenters. The summed E-state index contributed by atoms with van der Waals surface area (Å²) in [6.45, 7) is 5.90. The first-order valence-electron chi connectivity index (χ1n) is 7.79. The number of nitrogens with zero attached hydrogens (tertiary/aromatic N) is 1. The number of carbonyl (C=O) groups is 2. The van der Waals surface area contributed by atoms with E-state index in [-0.39, 0.29) is 11.9 Å². The number of aromatic nitrogens is 1. The van der Waals surface area contributed by atoms with Crippen molar-refractivity contribution in [2.45, 2.75) is 46.1 Å². The van der Waals surface area contributed by atoms with Gasteiger partial charge in [0, 0.05) is 17.1 Å². The minimum absolute atomic E-state index is 0.180. The number of aryl methyl sites for hydroxylation is 3. The molecule has 2 aromatic rings. The highest BCUT2D eigenvalue weighted by Crippen LogP contribution is 2.33. The minimum atomic E-state index is -0.825. The lowest BCUT2D eigenvalue weighted by molar-refractivity contribution is -0.142. The van der Waals surface area contributed by atoms with Crippen LogP contribution in [0.15, 0.2) is 6.07 Å². The Kier molecular flexibility index (Phi) is 4.10. The van der Waals surface area contributed by atoms with E-state index in [0.717, 1.165) is 39.9 Å². The molecule has 0 spiro atoms. The zero-order valence-electron chi connectivity index (χ0n) is 13.5. The third-order valence-corrected chi connectivity index (χ3v) is 5.77. The van der Waals surface area contributed by atoms with Gasteiger partial charge in [-0.15, -0.1) is 11.3 Å². The predicted octanol–water partition coefficient (Wildman–Crippen LogP) is 3.20. The first-order chi connectivity index (χ1) is 10.9. The second kappa shape index (κ2) is 5.92. The van der Waals surface area contributed by atoms with Crippen LogP contribution < -0.4 is 5.32 Å². The monoisotopic (exact) mass is 332 g/mol. The summed E-state index contributed by atoms with van der Waals surface area (Å²) in [5.74, 6) is -1.48. The maximum absolute atomic E-state index is 12.6. The average molecular weight is 332 g/mol. The highest BCUT2D eigenvalue weighted by atomic mass is 32.1. The Morgan fingerprint density at radius 1 is 1.30 bits per heavy atom. The average Bonchev–Trinajstić information content (AvgIpc) is 3.03. The minimum Gasteiger partial charge on any atom is -0.481 e. The van der Waals surface area contributed by atoms with Crippen molar-refractivity contribution >= 4 is 33.4 Å². The summed E-state index contributed by atoms with van der Waals surface area (Å²) < 4.78 is 0. The van der Waals surface area contributed by atoms with Gasteiger partial charge in [-0.05, 0) is 50.8 Å². The van der Waals surface area contributed by atoms with Crippen molar-refractivity contribution < 1.29 is 14.7 Å². The number of fused-ring (bicyclic) bond motifs is 1. The number of carboxylic acid groups (broad SMARTS) is 1. The number of amides is 1. The van der Waals surface area contributed by atoms with Crippen LogP contribution in [0.3, 0.4) is 0 Å². The van der Waals surface area contributed by atoms with Crippen LogP contribution in [-0.2, 0) is 4.79 Å². The normalized spacial score (nSPS) is 20.8. The molecule has 2 N–H and O–H groups in total. The molecule has 0 bridgehead atoms. The van der Waals surface area contributed by atoms with Gasteiger partial charge in [-0.3, -0.25) is 9.59 Å². The summed E-state index contributed by atoms with van der Waals surface area (Å²) in [4.78, 5) is 29.9. The lowest BCUT2D eigenvalue weighted by atomic mass is 10.0.